The Morgan fingerprint density at radius 3 is 2.21 bits per heavy atom. The summed E-state index contributed by atoms with van der Waals surface area (Å²) in [4.78, 5) is 12.9. The first-order valence-electron chi connectivity index (χ1n) is 9.26. The van der Waals surface area contributed by atoms with E-state index in [0.717, 1.165) is 12.0 Å². The Morgan fingerprint density at radius 2 is 1.54 bits per heavy atom. The second-order valence-corrected chi connectivity index (χ2v) is 6.60. The second kappa shape index (κ2) is 11.4. The first-order valence-corrected chi connectivity index (χ1v) is 9.26. The summed E-state index contributed by atoms with van der Waals surface area (Å²) >= 11 is 0. The third-order valence-corrected chi connectivity index (χ3v) is 4.38. The van der Waals surface area contributed by atoms with Crippen molar-refractivity contribution in [2.75, 3.05) is 6.54 Å². The summed E-state index contributed by atoms with van der Waals surface area (Å²) in [5.41, 5.74) is 4.18. The zero-order valence-electron chi connectivity index (χ0n) is 16.0. The van der Waals surface area contributed by atoms with Crippen molar-refractivity contribution < 1.29 is 9.53 Å². The quantitative estimate of drug-likeness (QED) is 0.410. The molecule has 146 valence electrons. The number of carbonyl (C=O) groups excluding carboxylic acids is 1. The minimum atomic E-state index is -0.669. The van der Waals surface area contributed by atoms with Crippen molar-refractivity contribution in [2.45, 2.75) is 26.2 Å². The van der Waals surface area contributed by atoms with Crippen LogP contribution < -0.4 is 5.32 Å². The predicted molar refractivity (Wildman–Crippen MR) is 116 cm³/mol. The van der Waals surface area contributed by atoms with Crippen molar-refractivity contribution in [3.8, 4) is 0 Å². The van der Waals surface area contributed by atoms with Crippen molar-refractivity contribution in [2.24, 2.45) is 0 Å². The van der Waals surface area contributed by atoms with Gasteiger partial charge in [0.05, 0.1) is 6.61 Å². The van der Waals surface area contributed by atoms with E-state index in [1.54, 1.807) is 0 Å². The number of ketones is 1. The molecule has 28 heavy (non-hydrogen) atoms. The topological polar surface area (TPSA) is 38.3 Å². The smallest absolute Gasteiger partial charge is 0.206 e. The molecule has 0 bridgehead atoms. The molecule has 0 aliphatic rings. The van der Waals surface area contributed by atoms with Crippen LogP contribution in [0.4, 0.5) is 0 Å². The molecule has 4 heteroatoms. The lowest BCUT2D eigenvalue weighted by Gasteiger charge is -2.19. The Morgan fingerprint density at radius 1 is 0.893 bits per heavy atom. The molecule has 0 amide bonds. The van der Waals surface area contributed by atoms with E-state index in [1.165, 1.54) is 11.1 Å². The average molecular weight is 396 g/mol. The Labute approximate surface area is 173 Å². The maximum Gasteiger partial charge on any atom is 0.206 e. The summed E-state index contributed by atoms with van der Waals surface area (Å²) < 4.78 is 5.95. The van der Waals surface area contributed by atoms with Crippen LogP contribution in [0.2, 0.25) is 0 Å². The van der Waals surface area contributed by atoms with Gasteiger partial charge in [-0.1, -0.05) is 90.5 Å². The third-order valence-electron chi connectivity index (χ3n) is 4.38. The minimum absolute atomic E-state index is 0. The van der Waals surface area contributed by atoms with Gasteiger partial charge in [0.1, 0.15) is 0 Å². The van der Waals surface area contributed by atoms with Crippen LogP contribution in [0.15, 0.2) is 84.9 Å². The van der Waals surface area contributed by atoms with Crippen molar-refractivity contribution in [1.29, 1.82) is 0 Å². The molecule has 0 aromatic heterocycles. The Balaban J connectivity index is 0.00000280. The first-order chi connectivity index (χ1) is 13.2. The number of halogens is 1. The number of ether oxygens (including phenoxy) is 1. The maximum absolute atomic E-state index is 12.9. The van der Waals surface area contributed by atoms with Gasteiger partial charge in [0.25, 0.3) is 0 Å². The fourth-order valence-electron chi connectivity index (χ4n) is 2.95. The number of hydrogen-bond acceptors (Lipinski definition) is 3. The molecule has 0 aliphatic carbocycles. The van der Waals surface area contributed by atoms with Crippen molar-refractivity contribution >= 4 is 18.2 Å². The molecule has 0 radical (unpaired) electrons. The zero-order chi connectivity index (χ0) is 18.9. The van der Waals surface area contributed by atoms with Crippen LogP contribution in [0, 0.1) is 6.92 Å². The number of rotatable bonds is 9. The van der Waals surface area contributed by atoms with Crippen molar-refractivity contribution in [3.63, 3.8) is 0 Å². The Hall–Kier alpha value is -2.46. The summed E-state index contributed by atoms with van der Waals surface area (Å²) in [7, 11) is 0. The predicted octanol–water partition coefficient (Wildman–Crippen LogP) is 4.97. The molecule has 3 nitrogen and oxygen atoms in total. The first kappa shape index (κ1) is 21.8. The zero-order valence-corrected chi connectivity index (χ0v) is 16.8. The number of aryl methyl sites for hydroxylation is 1. The molecule has 1 unspecified atom stereocenters. The number of Topliss-reactive ketones (excluding diaryl/α,β-unsaturated/α-hetero) is 1. The van der Waals surface area contributed by atoms with Crippen molar-refractivity contribution in [3.05, 3.63) is 107 Å². The van der Waals surface area contributed by atoms with E-state index >= 15 is 0 Å². The highest BCUT2D eigenvalue weighted by Crippen LogP contribution is 2.09. The normalized spacial score (nSPS) is 11.5. The van der Waals surface area contributed by atoms with Gasteiger partial charge in [0.15, 0.2) is 6.23 Å². The van der Waals surface area contributed by atoms with E-state index < -0.39 is 6.23 Å². The standard InChI is InChI=1S/C24H25NO2.ClH/c1-19-9-8-12-20(17-19)15-16-25-24(23(26)22-13-6-3-7-14-22)27-18-21-10-4-2-5-11-21;/h2-14,17,24-25H,15-16,18H2,1H3;1H. The SMILES string of the molecule is Cc1cccc(CCNC(OCc2ccccc2)C(=O)c2ccccc2)c1.Cl. The highest BCUT2D eigenvalue weighted by molar-refractivity contribution is 5.99. The lowest BCUT2D eigenvalue weighted by atomic mass is 10.1. The van der Waals surface area contributed by atoms with Crippen LogP contribution in [-0.4, -0.2) is 18.6 Å². The summed E-state index contributed by atoms with van der Waals surface area (Å²) in [6.07, 6.45) is 0.173. The van der Waals surface area contributed by atoms with Gasteiger partial charge in [-0.15, -0.1) is 12.4 Å². The van der Waals surface area contributed by atoms with Crippen LogP contribution in [0.25, 0.3) is 0 Å². The van der Waals surface area contributed by atoms with E-state index in [9.17, 15) is 4.79 Å². The molecule has 1 atom stereocenters. The number of hydrogen-bond donors (Lipinski definition) is 1. The van der Waals surface area contributed by atoms with Gasteiger partial charge >= 0.3 is 0 Å². The molecular formula is C24H26ClNO2. The molecule has 1 N–H and O–H groups in total. The largest absolute Gasteiger partial charge is 0.351 e. The van der Waals surface area contributed by atoms with Gasteiger partial charge in [0, 0.05) is 12.1 Å². The number of nitrogens with one attached hydrogen (secondary N) is 1. The monoisotopic (exact) mass is 395 g/mol. The third kappa shape index (κ3) is 6.61. The lowest BCUT2D eigenvalue weighted by molar-refractivity contribution is 0.0198. The molecule has 0 heterocycles. The van der Waals surface area contributed by atoms with Gasteiger partial charge in [-0.3, -0.25) is 10.1 Å². The molecule has 0 spiro atoms. The Kier molecular flexibility index (Phi) is 8.89. The fourth-order valence-corrected chi connectivity index (χ4v) is 2.95. The summed E-state index contributed by atoms with van der Waals surface area (Å²) in [5, 5.41) is 3.28. The van der Waals surface area contributed by atoms with Crippen LogP contribution in [0.3, 0.4) is 0 Å². The number of benzene rings is 3. The van der Waals surface area contributed by atoms with Gasteiger partial charge in [0.2, 0.25) is 5.78 Å². The van der Waals surface area contributed by atoms with E-state index in [-0.39, 0.29) is 18.2 Å². The molecule has 0 fully saturated rings. The van der Waals surface area contributed by atoms with Gasteiger partial charge in [-0.05, 0) is 24.5 Å². The summed E-state index contributed by atoms with van der Waals surface area (Å²) in [6, 6.07) is 27.6. The number of carbonyl (C=O) groups is 1. The second-order valence-electron chi connectivity index (χ2n) is 6.60. The van der Waals surface area contributed by atoms with Crippen LogP contribution in [0.1, 0.15) is 27.0 Å². The van der Waals surface area contributed by atoms with E-state index in [2.05, 4.69) is 36.5 Å². The van der Waals surface area contributed by atoms with Crippen LogP contribution in [-0.2, 0) is 17.8 Å². The van der Waals surface area contributed by atoms with Gasteiger partial charge in [-0.25, -0.2) is 0 Å². The molecular weight excluding hydrogens is 370 g/mol. The van der Waals surface area contributed by atoms with Gasteiger partial charge < -0.3 is 4.74 Å². The van der Waals surface area contributed by atoms with E-state index in [0.29, 0.717) is 18.7 Å². The van der Waals surface area contributed by atoms with Crippen molar-refractivity contribution in [1.82, 2.24) is 5.32 Å². The van der Waals surface area contributed by atoms with E-state index in [4.69, 9.17) is 4.74 Å². The van der Waals surface area contributed by atoms with E-state index in [1.807, 2.05) is 60.7 Å². The summed E-state index contributed by atoms with van der Waals surface area (Å²) in [5.74, 6) is -0.0456. The van der Waals surface area contributed by atoms with Crippen LogP contribution in [0.5, 0.6) is 0 Å². The highest BCUT2D eigenvalue weighted by Gasteiger charge is 2.20. The van der Waals surface area contributed by atoms with Gasteiger partial charge in [-0.2, -0.15) is 0 Å². The molecule has 3 aromatic carbocycles. The minimum Gasteiger partial charge on any atom is -0.351 e. The molecule has 3 aromatic rings. The maximum atomic E-state index is 12.9. The Bertz CT molecular complexity index is 853. The molecule has 0 aliphatic heterocycles. The average Bonchev–Trinajstić information content (AvgIpc) is 2.71. The highest BCUT2D eigenvalue weighted by atomic mass is 35.5. The van der Waals surface area contributed by atoms with Crippen LogP contribution >= 0.6 is 12.4 Å². The fraction of sp³-hybridized carbons (Fsp3) is 0.208. The molecule has 0 saturated heterocycles. The molecule has 3 rings (SSSR count). The lowest BCUT2D eigenvalue weighted by Crippen LogP contribution is -2.40. The summed E-state index contributed by atoms with van der Waals surface area (Å²) in [6.45, 7) is 3.14. The molecule has 0 saturated carbocycles.